The number of hydrogen-bond acceptors (Lipinski definition) is 4. The van der Waals surface area contributed by atoms with Gasteiger partial charge in [0.05, 0.1) is 11.1 Å². The summed E-state index contributed by atoms with van der Waals surface area (Å²) in [7, 11) is 0. The Morgan fingerprint density at radius 1 is 1.14 bits per heavy atom. The number of fused-ring (bicyclic) bond motifs is 1. The molecule has 3 rings (SSSR count). The van der Waals surface area contributed by atoms with E-state index in [9.17, 15) is 4.79 Å². The molecule has 0 spiro atoms. The molecule has 0 saturated heterocycles. The topological polar surface area (TPSA) is 89.1 Å². The maximum absolute atomic E-state index is 11.1. The third-order valence-electron chi connectivity index (χ3n) is 3.46. The number of anilines is 1. The van der Waals surface area contributed by atoms with Gasteiger partial charge in [-0.15, -0.1) is 0 Å². The largest absolute Gasteiger partial charge is 0.478 e. The third kappa shape index (κ3) is 2.29. The highest BCUT2D eigenvalue weighted by Crippen LogP contribution is 2.28. The maximum Gasteiger partial charge on any atom is 0.335 e. The summed E-state index contributed by atoms with van der Waals surface area (Å²) in [6, 6.07) is 10.7. The van der Waals surface area contributed by atoms with Crippen LogP contribution in [0.15, 0.2) is 42.7 Å². The molecular formula is C16H13N3O2. The first-order valence-corrected chi connectivity index (χ1v) is 6.41. The van der Waals surface area contributed by atoms with Crippen molar-refractivity contribution in [2.45, 2.75) is 6.92 Å². The number of aromatic carboxylic acids is 1. The smallest absolute Gasteiger partial charge is 0.335 e. The van der Waals surface area contributed by atoms with Gasteiger partial charge in [0.2, 0.25) is 0 Å². The van der Waals surface area contributed by atoms with E-state index in [4.69, 9.17) is 10.8 Å². The number of carboxylic acids is 1. The highest BCUT2D eigenvalue weighted by molar-refractivity contribution is 5.93. The van der Waals surface area contributed by atoms with Crippen molar-refractivity contribution >= 4 is 22.7 Å². The van der Waals surface area contributed by atoms with E-state index in [0.29, 0.717) is 5.82 Å². The number of carbonyl (C=O) groups is 1. The molecule has 0 fully saturated rings. The summed E-state index contributed by atoms with van der Waals surface area (Å²) in [6.07, 6.45) is 1.42. The van der Waals surface area contributed by atoms with Gasteiger partial charge in [0.25, 0.3) is 0 Å². The minimum atomic E-state index is -0.945. The van der Waals surface area contributed by atoms with Crippen LogP contribution in [0.1, 0.15) is 15.9 Å². The minimum absolute atomic E-state index is 0.257. The molecule has 0 atom stereocenters. The van der Waals surface area contributed by atoms with Crippen LogP contribution in [-0.2, 0) is 0 Å². The zero-order valence-corrected chi connectivity index (χ0v) is 11.4. The first-order valence-electron chi connectivity index (χ1n) is 6.41. The molecule has 0 saturated carbocycles. The molecule has 0 amide bonds. The van der Waals surface area contributed by atoms with Gasteiger partial charge in [-0.3, -0.25) is 0 Å². The number of aryl methyl sites for hydroxylation is 1. The summed E-state index contributed by atoms with van der Waals surface area (Å²) in [5, 5.41) is 9.88. The number of benzene rings is 2. The van der Waals surface area contributed by atoms with Crippen LogP contribution in [0, 0.1) is 6.92 Å². The van der Waals surface area contributed by atoms with Crippen molar-refractivity contribution in [3.8, 4) is 11.1 Å². The van der Waals surface area contributed by atoms with Crippen LogP contribution in [-0.4, -0.2) is 21.0 Å². The summed E-state index contributed by atoms with van der Waals surface area (Å²) in [4.78, 5) is 19.3. The van der Waals surface area contributed by atoms with Crippen molar-refractivity contribution in [3.05, 3.63) is 53.9 Å². The molecule has 1 heterocycles. The van der Waals surface area contributed by atoms with Crippen LogP contribution in [0.5, 0.6) is 0 Å². The van der Waals surface area contributed by atoms with Gasteiger partial charge < -0.3 is 10.8 Å². The molecule has 104 valence electrons. The molecule has 0 aliphatic heterocycles. The van der Waals surface area contributed by atoms with Crippen LogP contribution < -0.4 is 5.73 Å². The molecule has 21 heavy (non-hydrogen) atoms. The Morgan fingerprint density at radius 3 is 2.71 bits per heavy atom. The number of nitrogens with two attached hydrogens (primary N) is 1. The van der Waals surface area contributed by atoms with Crippen molar-refractivity contribution in [1.82, 2.24) is 9.97 Å². The Hall–Kier alpha value is -2.95. The number of nitrogen functional groups attached to an aromatic ring is 1. The van der Waals surface area contributed by atoms with Crippen LogP contribution in [0.2, 0.25) is 0 Å². The predicted molar refractivity (Wildman–Crippen MR) is 81.1 cm³/mol. The number of nitrogens with zero attached hydrogens (tertiary/aromatic N) is 2. The van der Waals surface area contributed by atoms with E-state index in [1.54, 1.807) is 18.2 Å². The monoisotopic (exact) mass is 279 g/mol. The number of carboxylic acid groups (broad SMARTS) is 1. The molecule has 0 bridgehead atoms. The van der Waals surface area contributed by atoms with Gasteiger partial charge in [0, 0.05) is 5.39 Å². The molecule has 3 N–H and O–H groups in total. The Labute approximate surface area is 121 Å². The first kappa shape index (κ1) is 13.1. The number of aromatic nitrogens is 2. The van der Waals surface area contributed by atoms with Gasteiger partial charge in [-0.25, -0.2) is 14.8 Å². The highest BCUT2D eigenvalue weighted by atomic mass is 16.4. The van der Waals surface area contributed by atoms with Gasteiger partial charge in [-0.05, 0) is 47.9 Å². The fraction of sp³-hybridized carbons (Fsp3) is 0.0625. The predicted octanol–water partition coefficient (Wildman–Crippen LogP) is 2.89. The lowest BCUT2D eigenvalue weighted by Crippen LogP contribution is -1.98. The van der Waals surface area contributed by atoms with Crippen molar-refractivity contribution < 1.29 is 9.90 Å². The molecule has 5 heteroatoms. The standard InChI is InChI=1S/C16H13N3O2/c1-9-2-3-11(16(20)21)7-12(9)10-4-5-14-13(6-10)15(17)19-8-18-14/h2-8H,1H3,(H,20,21)(H2,17,18,19). The van der Waals surface area contributed by atoms with E-state index in [-0.39, 0.29) is 5.56 Å². The fourth-order valence-corrected chi connectivity index (χ4v) is 2.31. The zero-order valence-electron chi connectivity index (χ0n) is 11.4. The summed E-state index contributed by atoms with van der Waals surface area (Å²) < 4.78 is 0. The lowest BCUT2D eigenvalue weighted by Gasteiger charge is -2.09. The second-order valence-electron chi connectivity index (χ2n) is 4.83. The van der Waals surface area contributed by atoms with Crippen molar-refractivity contribution in [2.24, 2.45) is 0 Å². The first-order chi connectivity index (χ1) is 10.1. The molecule has 0 aliphatic rings. The average Bonchev–Trinajstić information content (AvgIpc) is 2.48. The highest BCUT2D eigenvalue weighted by Gasteiger charge is 2.09. The molecule has 1 aromatic heterocycles. The van der Waals surface area contributed by atoms with E-state index < -0.39 is 5.97 Å². The number of rotatable bonds is 2. The van der Waals surface area contributed by atoms with E-state index in [2.05, 4.69) is 9.97 Å². The Bertz CT molecular complexity index is 859. The lowest BCUT2D eigenvalue weighted by atomic mass is 9.97. The van der Waals surface area contributed by atoms with Crippen LogP contribution in [0.25, 0.3) is 22.0 Å². The van der Waals surface area contributed by atoms with Gasteiger partial charge in [0.15, 0.2) is 0 Å². The molecule has 0 aliphatic carbocycles. The minimum Gasteiger partial charge on any atom is -0.478 e. The number of hydrogen-bond donors (Lipinski definition) is 2. The van der Waals surface area contributed by atoms with Crippen LogP contribution in [0.4, 0.5) is 5.82 Å². The zero-order chi connectivity index (χ0) is 15.0. The summed E-state index contributed by atoms with van der Waals surface area (Å²) in [5.74, 6) is -0.534. The second kappa shape index (κ2) is 4.86. The van der Waals surface area contributed by atoms with Crippen molar-refractivity contribution in [3.63, 3.8) is 0 Å². The Kier molecular flexibility index (Phi) is 3.02. The average molecular weight is 279 g/mol. The van der Waals surface area contributed by atoms with Gasteiger partial charge in [-0.1, -0.05) is 12.1 Å². The molecule has 3 aromatic rings. The molecule has 2 aromatic carbocycles. The second-order valence-corrected chi connectivity index (χ2v) is 4.83. The quantitative estimate of drug-likeness (QED) is 0.753. The molecule has 0 radical (unpaired) electrons. The van der Waals surface area contributed by atoms with Gasteiger partial charge in [0.1, 0.15) is 12.1 Å². The Balaban J connectivity index is 2.23. The molecule has 0 unspecified atom stereocenters. The van der Waals surface area contributed by atoms with Crippen LogP contribution >= 0.6 is 0 Å². The SMILES string of the molecule is Cc1ccc(C(=O)O)cc1-c1ccc2ncnc(N)c2c1. The van der Waals surface area contributed by atoms with Gasteiger partial charge in [-0.2, -0.15) is 0 Å². The summed E-state index contributed by atoms with van der Waals surface area (Å²) >= 11 is 0. The van der Waals surface area contributed by atoms with Crippen molar-refractivity contribution in [1.29, 1.82) is 0 Å². The van der Waals surface area contributed by atoms with E-state index >= 15 is 0 Å². The molecular weight excluding hydrogens is 266 g/mol. The van der Waals surface area contributed by atoms with E-state index in [1.165, 1.54) is 6.33 Å². The van der Waals surface area contributed by atoms with Crippen LogP contribution in [0.3, 0.4) is 0 Å². The molecule has 5 nitrogen and oxygen atoms in total. The summed E-state index contributed by atoms with van der Waals surface area (Å²) in [6.45, 7) is 1.94. The fourth-order valence-electron chi connectivity index (χ4n) is 2.31. The lowest BCUT2D eigenvalue weighted by molar-refractivity contribution is 0.0697. The van der Waals surface area contributed by atoms with Crippen molar-refractivity contribution in [2.75, 3.05) is 5.73 Å². The maximum atomic E-state index is 11.1. The van der Waals surface area contributed by atoms with E-state index in [1.807, 2.05) is 25.1 Å². The van der Waals surface area contributed by atoms with Gasteiger partial charge >= 0.3 is 5.97 Å². The third-order valence-corrected chi connectivity index (χ3v) is 3.46. The summed E-state index contributed by atoms with van der Waals surface area (Å²) in [5.41, 5.74) is 9.64. The van der Waals surface area contributed by atoms with E-state index in [0.717, 1.165) is 27.6 Å². The Morgan fingerprint density at radius 2 is 1.95 bits per heavy atom. The normalized spacial score (nSPS) is 10.7.